The van der Waals surface area contributed by atoms with Crippen LogP contribution in [-0.2, 0) is 4.79 Å². The van der Waals surface area contributed by atoms with E-state index in [1.54, 1.807) is 7.11 Å². The van der Waals surface area contributed by atoms with Gasteiger partial charge in [-0.15, -0.1) is 4.91 Å². The second-order valence-corrected chi connectivity index (χ2v) is 10.2. The lowest BCUT2D eigenvalue weighted by atomic mass is 9.91. The number of aldehydes is 1. The lowest BCUT2D eigenvalue weighted by Gasteiger charge is -2.30. The molecule has 0 radical (unpaired) electrons. The van der Waals surface area contributed by atoms with E-state index in [9.17, 15) is 14.8 Å². The number of methoxy groups -OCH3 is 1. The van der Waals surface area contributed by atoms with E-state index in [0.29, 0.717) is 18.2 Å². The zero-order valence-electron chi connectivity index (χ0n) is 18.9. The van der Waals surface area contributed by atoms with Crippen LogP contribution in [0.3, 0.4) is 0 Å². The molecule has 0 spiro atoms. The molecule has 31 heavy (non-hydrogen) atoms. The molecule has 3 aliphatic rings. The number of hydrogen-bond acceptors (Lipinski definition) is 7. The molecule has 0 bridgehead atoms. The molecule has 3 atom stereocenters. The molecule has 0 amide bonds. The molecular weight excluding hydrogens is 394 g/mol. The molecule has 0 aromatic heterocycles. The third-order valence-corrected chi connectivity index (χ3v) is 7.59. The van der Waals surface area contributed by atoms with Gasteiger partial charge in [0.15, 0.2) is 0 Å². The van der Waals surface area contributed by atoms with Crippen molar-refractivity contribution in [1.29, 1.82) is 0 Å². The van der Waals surface area contributed by atoms with E-state index in [2.05, 4.69) is 34.9 Å². The van der Waals surface area contributed by atoms with Crippen LogP contribution in [-0.4, -0.2) is 66.8 Å². The van der Waals surface area contributed by atoms with E-state index in [1.165, 1.54) is 0 Å². The number of hydrogen-bond donors (Lipinski definition) is 1. The predicted molar refractivity (Wildman–Crippen MR) is 120 cm³/mol. The molecule has 2 heterocycles. The summed E-state index contributed by atoms with van der Waals surface area (Å²) in [4.78, 5) is 27.3. The van der Waals surface area contributed by atoms with E-state index in [1.807, 2.05) is 6.07 Å². The number of ether oxygens (including phenoxy) is 1. The van der Waals surface area contributed by atoms with Gasteiger partial charge < -0.3 is 14.6 Å². The van der Waals surface area contributed by atoms with Crippen LogP contribution in [0.2, 0.25) is 0 Å². The fourth-order valence-corrected chi connectivity index (χ4v) is 5.47. The fraction of sp³-hybridized carbons (Fsp3) is 0.708. The van der Waals surface area contributed by atoms with E-state index in [4.69, 9.17) is 4.74 Å². The first-order valence-corrected chi connectivity index (χ1v) is 11.5. The summed E-state index contributed by atoms with van der Waals surface area (Å²) in [6.45, 7) is 7.14. The SMILES string of the molecule is COc1cc(C2CC(CCN3CCC(C)(C)C3O)N(CC=O)C2)cc(N=O)c1C1CC1. The lowest BCUT2D eigenvalue weighted by Crippen LogP contribution is -2.40. The molecule has 1 aromatic carbocycles. The molecule has 2 aliphatic heterocycles. The maximum Gasteiger partial charge on any atom is 0.133 e. The van der Waals surface area contributed by atoms with Crippen LogP contribution in [0.25, 0.3) is 0 Å². The van der Waals surface area contributed by atoms with E-state index >= 15 is 0 Å². The van der Waals surface area contributed by atoms with Crippen LogP contribution in [0.5, 0.6) is 5.75 Å². The van der Waals surface area contributed by atoms with Gasteiger partial charge in [0.05, 0.1) is 13.7 Å². The monoisotopic (exact) mass is 429 g/mol. The zero-order valence-corrected chi connectivity index (χ0v) is 18.9. The molecule has 1 N–H and O–H groups in total. The first-order valence-electron chi connectivity index (χ1n) is 11.5. The second kappa shape index (κ2) is 8.96. The summed E-state index contributed by atoms with van der Waals surface area (Å²) in [7, 11) is 1.65. The highest BCUT2D eigenvalue weighted by Gasteiger charge is 2.40. The van der Waals surface area contributed by atoms with Gasteiger partial charge in [0.1, 0.15) is 24.0 Å². The highest BCUT2D eigenvalue weighted by molar-refractivity contribution is 5.60. The van der Waals surface area contributed by atoms with E-state index < -0.39 is 6.23 Å². The van der Waals surface area contributed by atoms with Gasteiger partial charge in [-0.05, 0) is 66.8 Å². The van der Waals surface area contributed by atoms with Crippen LogP contribution in [0, 0.1) is 10.3 Å². The first kappa shape index (κ1) is 22.4. The minimum Gasteiger partial charge on any atom is -0.496 e. The van der Waals surface area contributed by atoms with Crippen molar-refractivity contribution in [3.63, 3.8) is 0 Å². The summed E-state index contributed by atoms with van der Waals surface area (Å²) < 4.78 is 5.63. The van der Waals surface area contributed by atoms with Crippen molar-refractivity contribution in [2.45, 2.75) is 70.1 Å². The molecule has 7 nitrogen and oxygen atoms in total. The molecule has 1 aliphatic carbocycles. The highest BCUT2D eigenvalue weighted by Crippen LogP contribution is 2.50. The van der Waals surface area contributed by atoms with Gasteiger partial charge in [0.2, 0.25) is 0 Å². The standard InChI is InChI=1S/C24H35N3O4/c1-24(2)7-9-26(23(24)29)8-6-19-12-18(15-27(19)10-11-28)17-13-20(25-30)22(16-4-5-16)21(14-17)31-3/h11,13-14,16,18-19,23,29H,4-10,12,15H2,1-3H3. The summed E-state index contributed by atoms with van der Waals surface area (Å²) in [6.07, 6.45) is 5.54. The molecule has 170 valence electrons. The Bertz CT molecular complexity index is 823. The number of nitrogens with zero attached hydrogens (tertiary/aromatic N) is 3. The molecule has 7 heteroatoms. The number of carbonyl (C=O) groups is 1. The van der Waals surface area contributed by atoms with Crippen molar-refractivity contribution >= 4 is 12.0 Å². The Balaban J connectivity index is 1.49. The lowest BCUT2D eigenvalue weighted by molar-refractivity contribution is -0.109. The first-order chi connectivity index (χ1) is 14.9. The topological polar surface area (TPSA) is 82.4 Å². The van der Waals surface area contributed by atoms with Crippen LogP contribution < -0.4 is 4.74 Å². The van der Waals surface area contributed by atoms with Gasteiger partial charge in [-0.2, -0.15) is 0 Å². The zero-order chi connectivity index (χ0) is 22.2. The molecule has 2 saturated heterocycles. The predicted octanol–water partition coefficient (Wildman–Crippen LogP) is 3.77. The Morgan fingerprint density at radius 2 is 2.03 bits per heavy atom. The van der Waals surface area contributed by atoms with Crippen LogP contribution in [0.1, 0.15) is 68.9 Å². The van der Waals surface area contributed by atoms with Crippen molar-refractivity contribution in [2.75, 3.05) is 33.3 Å². The number of carbonyl (C=O) groups excluding carboxylic acids is 1. The van der Waals surface area contributed by atoms with Crippen molar-refractivity contribution < 1.29 is 14.6 Å². The van der Waals surface area contributed by atoms with Crippen molar-refractivity contribution in [3.8, 4) is 5.75 Å². The number of nitroso groups, excluding NO2 is 1. The summed E-state index contributed by atoms with van der Waals surface area (Å²) in [6, 6.07) is 4.27. The number of benzene rings is 1. The minimum atomic E-state index is -0.412. The van der Waals surface area contributed by atoms with Crippen molar-refractivity contribution in [2.24, 2.45) is 10.6 Å². The quantitative estimate of drug-likeness (QED) is 0.475. The maximum atomic E-state index is 11.6. The summed E-state index contributed by atoms with van der Waals surface area (Å²) in [5.41, 5.74) is 2.45. The van der Waals surface area contributed by atoms with Crippen molar-refractivity contribution in [1.82, 2.24) is 9.80 Å². The third-order valence-electron chi connectivity index (χ3n) is 7.59. The smallest absolute Gasteiger partial charge is 0.133 e. The van der Waals surface area contributed by atoms with Gasteiger partial charge in [0.25, 0.3) is 0 Å². The number of aliphatic hydroxyl groups is 1. The largest absolute Gasteiger partial charge is 0.496 e. The molecule has 3 fully saturated rings. The summed E-state index contributed by atoms with van der Waals surface area (Å²) >= 11 is 0. The van der Waals surface area contributed by atoms with Gasteiger partial charge in [-0.3, -0.25) is 9.80 Å². The molecule has 3 unspecified atom stereocenters. The number of rotatable bonds is 9. The normalized spacial score (nSPS) is 28.7. The maximum absolute atomic E-state index is 11.6. The fourth-order valence-electron chi connectivity index (χ4n) is 5.47. The van der Waals surface area contributed by atoms with Crippen molar-refractivity contribution in [3.05, 3.63) is 28.2 Å². The Kier molecular flexibility index (Phi) is 6.47. The Morgan fingerprint density at radius 3 is 2.61 bits per heavy atom. The van der Waals surface area contributed by atoms with E-state index in [-0.39, 0.29) is 17.4 Å². The number of likely N-dealkylation sites (tertiary alicyclic amines) is 2. The molecule has 1 saturated carbocycles. The average molecular weight is 430 g/mol. The Morgan fingerprint density at radius 1 is 1.26 bits per heavy atom. The second-order valence-electron chi connectivity index (χ2n) is 10.2. The Labute approximate surface area is 184 Å². The summed E-state index contributed by atoms with van der Waals surface area (Å²) in [5.74, 6) is 1.38. The Hall–Kier alpha value is -1.83. The van der Waals surface area contributed by atoms with Crippen LogP contribution >= 0.6 is 0 Å². The van der Waals surface area contributed by atoms with Crippen LogP contribution in [0.15, 0.2) is 17.3 Å². The van der Waals surface area contributed by atoms with Gasteiger partial charge in [-0.1, -0.05) is 13.8 Å². The average Bonchev–Trinajstić information content (AvgIpc) is 3.47. The van der Waals surface area contributed by atoms with Gasteiger partial charge >= 0.3 is 0 Å². The highest BCUT2D eigenvalue weighted by atomic mass is 16.5. The molecular formula is C24H35N3O4. The summed E-state index contributed by atoms with van der Waals surface area (Å²) in [5, 5.41) is 13.9. The molecule has 4 rings (SSSR count). The molecule has 1 aromatic rings. The van der Waals surface area contributed by atoms with Gasteiger partial charge in [0, 0.05) is 36.7 Å². The van der Waals surface area contributed by atoms with E-state index in [0.717, 1.165) is 74.9 Å². The van der Waals surface area contributed by atoms with Crippen LogP contribution in [0.4, 0.5) is 5.69 Å². The third kappa shape index (κ3) is 4.54. The number of aliphatic hydroxyl groups excluding tert-OH is 1. The minimum absolute atomic E-state index is 0.0707. The van der Waals surface area contributed by atoms with Gasteiger partial charge in [-0.25, -0.2) is 0 Å².